The highest BCUT2D eigenvalue weighted by molar-refractivity contribution is 5.97. The number of aromatic amines is 4. The van der Waals surface area contributed by atoms with Crippen molar-refractivity contribution in [1.82, 2.24) is 40.5 Å². The van der Waals surface area contributed by atoms with Crippen LogP contribution in [0.15, 0.2) is 70.5 Å². The molecule has 22 nitrogen and oxygen atoms in total. The SMILES string of the molecule is Nc1nc2[nH]cc(CCc3ccc(C(=O)N[C@@H](CCC(=O)O)C(=O)O)cc3)c2c(=O)[nH]1.Nc1nc2[nH]cc(CCc3ccc(C(=O)N[C@@H](CCC(=O)O)C(=O)O)cc3)c2c(=O)[nH]1. The molecule has 0 radical (unpaired) electrons. The van der Waals surface area contributed by atoms with Gasteiger partial charge in [0.05, 0.1) is 10.8 Å². The van der Waals surface area contributed by atoms with Crippen LogP contribution in [0.4, 0.5) is 11.9 Å². The number of aryl methyl sites for hydroxylation is 4. The van der Waals surface area contributed by atoms with Gasteiger partial charge in [-0.2, -0.15) is 9.97 Å². The summed E-state index contributed by atoms with van der Waals surface area (Å²) in [7, 11) is 0. The second-order valence-electron chi connectivity index (χ2n) is 14.0. The van der Waals surface area contributed by atoms with E-state index < -0.39 is 47.8 Å². The van der Waals surface area contributed by atoms with Crippen LogP contribution in [0.5, 0.6) is 0 Å². The molecule has 2 amide bonds. The highest BCUT2D eigenvalue weighted by Crippen LogP contribution is 2.18. The van der Waals surface area contributed by atoms with E-state index in [4.69, 9.17) is 31.9 Å². The van der Waals surface area contributed by atoms with Gasteiger partial charge >= 0.3 is 23.9 Å². The molecule has 0 aliphatic carbocycles. The molecule has 0 unspecified atom stereocenters. The van der Waals surface area contributed by atoms with Gasteiger partial charge in [0.2, 0.25) is 11.9 Å². The Labute approximate surface area is 348 Å². The van der Waals surface area contributed by atoms with Gasteiger partial charge in [-0.1, -0.05) is 24.3 Å². The van der Waals surface area contributed by atoms with Crippen molar-refractivity contribution in [2.45, 2.75) is 63.5 Å². The van der Waals surface area contributed by atoms with Crippen molar-refractivity contribution in [3.8, 4) is 0 Å². The predicted molar refractivity (Wildman–Crippen MR) is 221 cm³/mol. The van der Waals surface area contributed by atoms with Gasteiger partial charge < -0.3 is 52.5 Å². The largest absolute Gasteiger partial charge is 0.481 e. The first kappa shape index (κ1) is 44.8. The molecule has 2 atom stereocenters. The highest BCUT2D eigenvalue weighted by atomic mass is 16.4. The second-order valence-corrected chi connectivity index (χ2v) is 14.0. The van der Waals surface area contributed by atoms with E-state index in [-0.39, 0.29) is 59.8 Å². The molecule has 6 aromatic rings. The summed E-state index contributed by atoms with van der Waals surface area (Å²) in [4.78, 5) is 111. The molecule has 0 spiro atoms. The lowest BCUT2D eigenvalue weighted by Crippen LogP contribution is -2.41. The molecule has 0 saturated carbocycles. The topological polar surface area (TPSA) is 383 Å². The van der Waals surface area contributed by atoms with Gasteiger partial charge in [-0.05, 0) is 85.0 Å². The number of anilines is 2. The number of hydrogen-bond donors (Lipinski definition) is 12. The maximum Gasteiger partial charge on any atom is 0.326 e. The van der Waals surface area contributed by atoms with Crippen LogP contribution in [0.1, 0.15) is 68.7 Å². The zero-order chi connectivity index (χ0) is 45.1. The zero-order valence-electron chi connectivity index (χ0n) is 32.7. The first-order valence-corrected chi connectivity index (χ1v) is 18.9. The minimum atomic E-state index is -1.30. The van der Waals surface area contributed by atoms with E-state index in [1.54, 1.807) is 60.9 Å². The Morgan fingerprint density at radius 3 is 1.24 bits per heavy atom. The Hall–Kier alpha value is -8.30. The van der Waals surface area contributed by atoms with Gasteiger partial charge in [-0.3, -0.25) is 38.7 Å². The number of nitrogens with one attached hydrogen (secondary N) is 6. The van der Waals surface area contributed by atoms with Crippen molar-refractivity contribution in [2.24, 2.45) is 0 Å². The number of carboxylic acids is 4. The Bertz CT molecular complexity index is 2550. The van der Waals surface area contributed by atoms with E-state index in [1.807, 2.05) is 0 Å². The number of H-pyrrole nitrogens is 4. The normalized spacial score (nSPS) is 11.9. The van der Waals surface area contributed by atoms with E-state index in [9.17, 15) is 38.4 Å². The van der Waals surface area contributed by atoms with Crippen molar-refractivity contribution >= 4 is 69.7 Å². The number of carbonyl (C=O) groups excluding carboxylic acids is 2. The van der Waals surface area contributed by atoms with Crippen LogP contribution >= 0.6 is 0 Å². The molecule has 22 heteroatoms. The number of rotatable bonds is 18. The zero-order valence-corrected chi connectivity index (χ0v) is 32.7. The summed E-state index contributed by atoms with van der Waals surface area (Å²) in [6.07, 6.45) is 4.55. The number of carbonyl (C=O) groups is 6. The summed E-state index contributed by atoms with van der Waals surface area (Å²) in [6.45, 7) is 0. The van der Waals surface area contributed by atoms with Gasteiger partial charge in [0, 0.05) is 36.4 Å². The molecule has 0 aliphatic rings. The fourth-order valence-electron chi connectivity index (χ4n) is 6.37. The number of carboxylic acid groups (broad SMARTS) is 4. The standard InChI is InChI=1S/2C20H21N5O6/c2*21-20-24-16-15(18(29)25-20)12(9-22-16)6-3-10-1-4-11(5-2-10)17(28)23-13(19(30)31)7-8-14(26)27/h2*1-2,4-5,9,13H,3,6-8H2,(H,23,28)(H,26,27)(H,30,31)(H4,21,22,24,25,29)/t2*13-/m00/s1. The Kier molecular flexibility index (Phi) is 14.5. The molecule has 14 N–H and O–H groups in total. The van der Waals surface area contributed by atoms with Gasteiger partial charge in [-0.25, -0.2) is 9.59 Å². The number of aliphatic carboxylic acids is 4. The summed E-state index contributed by atoms with van der Waals surface area (Å²) in [5.41, 5.74) is 15.2. The summed E-state index contributed by atoms with van der Waals surface area (Å²) < 4.78 is 0. The summed E-state index contributed by atoms with van der Waals surface area (Å²) in [6, 6.07) is 10.6. The number of aromatic nitrogens is 6. The van der Waals surface area contributed by atoms with Crippen LogP contribution in [0.2, 0.25) is 0 Å². The highest BCUT2D eigenvalue weighted by Gasteiger charge is 2.23. The van der Waals surface area contributed by atoms with E-state index in [0.717, 1.165) is 22.3 Å². The summed E-state index contributed by atoms with van der Waals surface area (Å²) >= 11 is 0. The quantitative estimate of drug-likeness (QED) is 0.0580. The molecule has 62 heavy (non-hydrogen) atoms. The maximum atomic E-state index is 12.3. The number of amides is 2. The lowest BCUT2D eigenvalue weighted by molar-refractivity contribution is -0.142. The number of nitrogens with two attached hydrogens (primary N) is 2. The maximum absolute atomic E-state index is 12.3. The third-order valence-corrected chi connectivity index (χ3v) is 9.58. The molecule has 0 aliphatic heterocycles. The van der Waals surface area contributed by atoms with E-state index in [2.05, 4.69) is 40.5 Å². The van der Waals surface area contributed by atoms with E-state index in [0.29, 0.717) is 47.8 Å². The van der Waals surface area contributed by atoms with Gasteiger partial charge in [0.15, 0.2) is 0 Å². The average molecular weight is 855 g/mol. The summed E-state index contributed by atoms with van der Waals surface area (Å²) in [5, 5.41) is 41.3. The summed E-state index contributed by atoms with van der Waals surface area (Å²) in [5.74, 6) is -6.00. The van der Waals surface area contributed by atoms with Crippen molar-refractivity contribution in [3.05, 3.63) is 115 Å². The van der Waals surface area contributed by atoms with Crippen LogP contribution in [-0.4, -0.2) is 98.1 Å². The first-order chi connectivity index (χ1) is 29.5. The molecule has 324 valence electrons. The monoisotopic (exact) mass is 854 g/mol. The lowest BCUT2D eigenvalue weighted by Gasteiger charge is -2.13. The lowest BCUT2D eigenvalue weighted by atomic mass is 10.0. The number of hydrogen-bond acceptors (Lipinski definition) is 12. The Morgan fingerprint density at radius 1 is 0.565 bits per heavy atom. The molecule has 0 bridgehead atoms. The number of fused-ring (bicyclic) bond motifs is 2. The van der Waals surface area contributed by atoms with Crippen LogP contribution < -0.4 is 33.2 Å². The van der Waals surface area contributed by atoms with E-state index >= 15 is 0 Å². The van der Waals surface area contributed by atoms with Gasteiger partial charge in [0.25, 0.3) is 22.9 Å². The molecule has 6 rings (SSSR count). The number of benzene rings is 2. The van der Waals surface area contributed by atoms with Crippen molar-refractivity contribution in [2.75, 3.05) is 11.5 Å². The smallest absolute Gasteiger partial charge is 0.326 e. The van der Waals surface area contributed by atoms with Crippen LogP contribution in [0, 0.1) is 0 Å². The fourth-order valence-corrected chi connectivity index (χ4v) is 6.37. The molecule has 4 aromatic heterocycles. The van der Waals surface area contributed by atoms with E-state index in [1.165, 1.54) is 0 Å². The van der Waals surface area contributed by atoms with Crippen molar-refractivity contribution < 1.29 is 49.2 Å². The number of nitrogen functional groups attached to an aromatic ring is 2. The third kappa shape index (κ3) is 11.9. The Morgan fingerprint density at radius 2 is 0.919 bits per heavy atom. The Balaban J connectivity index is 0.000000234. The molecule has 0 saturated heterocycles. The average Bonchev–Trinajstić information content (AvgIpc) is 3.83. The molecule has 0 fully saturated rings. The molecule has 2 aromatic carbocycles. The minimum absolute atomic E-state index is 0.0351. The predicted octanol–water partition coefficient (Wildman–Crippen LogP) is 1.33. The van der Waals surface area contributed by atoms with Crippen LogP contribution in [0.3, 0.4) is 0 Å². The van der Waals surface area contributed by atoms with Crippen molar-refractivity contribution in [3.63, 3.8) is 0 Å². The van der Waals surface area contributed by atoms with Gasteiger partial charge in [-0.15, -0.1) is 0 Å². The molecular weight excluding hydrogens is 812 g/mol. The van der Waals surface area contributed by atoms with Crippen molar-refractivity contribution in [1.29, 1.82) is 0 Å². The van der Waals surface area contributed by atoms with Gasteiger partial charge in [0.1, 0.15) is 23.4 Å². The van der Waals surface area contributed by atoms with Crippen LogP contribution in [-0.2, 0) is 44.9 Å². The molecular formula is C40H42N10O12. The van der Waals surface area contributed by atoms with Crippen LogP contribution in [0.25, 0.3) is 22.1 Å². The second kappa shape index (κ2) is 20.1. The minimum Gasteiger partial charge on any atom is -0.481 e. The number of nitrogens with zero attached hydrogens (tertiary/aromatic N) is 2. The fraction of sp³-hybridized carbons (Fsp3) is 0.250. The molecule has 4 heterocycles. The first-order valence-electron chi connectivity index (χ1n) is 18.9. The third-order valence-electron chi connectivity index (χ3n) is 9.58.